The van der Waals surface area contributed by atoms with E-state index in [0.29, 0.717) is 18.9 Å². The average molecular weight is 396 g/mol. The zero-order valence-electron chi connectivity index (χ0n) is 17.4. The van der Waals surface area contributed by atoms with Crippen molar-refractivity contribution in [3.05, 3.63) is 54.1 Å². The number of benzene rings is 2. The third-order valence-corrected chi connectivity index (χ3v) is 5.24. The van der Waals surface area contributed by atoms with Gasteiger partial charge in [-0.05, 0) is 63.1 Å². The molecule has 0 bridgehead atoms. The van der Waals surface area contributed by atoms with Crippen LogP contribution in [0.2, 0.25) is 0 Å². The molecule has 2 aromatic rings. The van der Waals surface area contributed by atoms with Gasteiger partial charge in [-0.1, -0.05) is 18.2 Å². The molecule has 6 heteroatoms. The van der Waals surface area contributed by atoms with Gasteiger partial charge in [0.15, 0.2) is 0 Å². The molecule has 1 N–H and O–H groups in total. The number of carbonyl (C=O) groups excluding carboxylic acids is 2. The summed E-state index contributed by atoms with van der Waals surface area (Å²) in [5, 5.41) is 2.82. The summed E-state index contributed by atoms with van der Waals surface area (Å²) in [5.74, 6) is 0.947. The summed E-state index contributed by atoms with van der Waals surface area (Å²) in [6, 6.07) is 15.1. The highest BCUT2D eigenvalue weighted by molar-refractivity contribution is 6.12. The Balaban J connectivity index is 1.56. The van der Waals surface area contributed by atoms with Crippen molar-refractivity contribution in [1.82, 2.24) is 5.32 Å². The van der Waals surface area contributed by atoms with Crippen LogP contribution in [0.3, 0.4) is 0 Å². The lowest BCUT2D eigenvalue weighted by molar-refractivity contribution is -0.140. The molecule has 1 unspecified atom stereocenters. The molecule has 0 aliphatic carbocycles. The average Bonchev–Trinajstić information content (AvgIpc) is 3.06. The zero-order valence-corrected chi connectivity index (χ0v) is 17.4. The van der Waals surface area contributed by atoms with Gasteiger partial charge in [-0.2, -0.15) is 0 Å². The van der Waals surface area contributed by atoms with Crippen LogP contribution in [0.1, 0.15) is 26.3 Å². The van der Waals surface area contributed by atoms with Crippen LogP contribution in [0.25, 0.3) is 0 Å². The molecule has 0 saturated heterocycles. The van der Waals surface area contributed by atoms with Crippen LogP contribution in [0.15, 0.2) is 48.5 Å². The van der Waals surface area contributed by atoms with Gasteiger partial charge in [0.1, 0.15) is 23.5 Å². The van der Waals surface area contributed by atoms with E-state index in [9.17, 15) is 9.59 Å². The molecule has 0 spiro atoms. The number of anilines is 1. The summed E-state index contributed by atoms with van der Waals surface area (Å²) >= 11 is 0. The molecule has 3 rings (SSSR count). The number of nitrogens with zero attached hydrogens (tertiary/aromatic N) is 1. The lowest BCUT2D eigenvalue weighted by Gasteiger charge is -2.31. The number of rotatable bonds is 7. The number of hydrogen-bond acceptors (Lipinski definition) is 4. The van der Waals surface area contributed by atoms with E-state index >= 15 is 0 Å². The van der Waals surface area contributed by atoms with Crippen LogP contribution in [-0.4, -0.2) is 38.1 Å². The van der Waals surface area contributed by atoms with Gasteiger partial charge in [-0.15, -0.1) is 0 Å². The van der Waals surface area contributed by atoms with Gasteiger partial charge in [-0.3, -0.25) is 9.59 Å². The molecule has 0 radical (unpaired) electrons. The largest absolute Gasteiger partial charge is 0.497 e. The smallest absolute Gasteiger partial charge is 0.242 e. The predicted molar refractivity (Wildman–Crippen MR) is 112 cm³/mol. The van der Waals surface area contributed by atoms with E-state index in [0.717, 1.165) is 23.4 Å². The second kappa shape index (κ2) is 8.55. The maximum absolute atomic E-state index is 13.2. The summed E-state index contributed by atoms with van der Waals surface area (Å²) in [6.07, 6.45) is 0.801. The van der Waals surface area contributed by atoms with E-state index in [-0.39, 0.29) is 17.9 Å². The highest BCUT2D eigenvalue weighted by Gasteiger charge is 2.43. The van der Waals surface area contributed by atoms with E-state index in [1.807, 2.05) is 43.3 Å². The minimum absolute atomic E-state index is 0.0328. The first-order valence-corrected chi connectivity index (χ1v) is 9.81. The molecule has 0 saturated carbocycles. The molecule has 1 aliphatic heterocycles. The number of ether oxygens (including phenoxy) is 2. The van der Waals surface area contributed by atoms with Crippen LogP contribution in [0, 0.1) is 5.41 Å². The number of nitrogens with one attached hydrogen (secondary N) is 1. The Morgan fingerprint density at radius 3 is 2.45 bits per heavy atom. The van der Waals surface area contributed by atoms with Crippen molar-refractivity contribution >= 4 is 17.5 Å². The Morgan fingerprint density at radius 2 is 1.76 bits per heavy atom. The summed E-state index contributed by atoms with van der Waals surface area (Å²) in [5.41, 5.74) is 0.859. The predicted octanol–water partition coefficient (Wildman–Crippen LogP) is 3.19. The highest BCUT2D eigenvalue weighted by Crippen LogP contribution is 2.35. The maximum atomic E-state index is 13.2. The minimum Gasteiger partial charge on any atom is -0.497 e. The third-order valence-electron chi connectivity index (χ3n) is 5.24. The number of methoxy groups -OCH3 is 1. The standard InChI is InChI=1S/C23H28N2O4/c1-16-15-17-7-5-6-8-20(17)25(16)22(27)23(2,3)21(26)24-13-14-29-19-11-9-18(28-4)10-12-19/h5-12,16H,13-15H2,1-4H3,(H,24,26). The zero-order chi connectivity index (χ0) is 21.0. The first-order chi connectivity index (χ1) is 13.8. The third kappa shape index (κ3) is 4.36. The van der Waals surface area contributed by atoms with Gasteiger partial charge in [0.2, 0.25) is 11.8 Å². The molecule has 154 valence electrons. The fraction of sp³-hybridized carbons (Fsp3) is 0.391. The molecule has 0 fully saturated rings. The second-order valence-electron chi connectivity index (χ2n) is 7.76. The molecule has 29 heavy (non-hydrogen) atoms. The van der Waals surface area contributed by atoms with Crippen molar-refractivity contribution in [1.29, 1.82) is 0 Å². The summed E-state index contributed by atoms with van der Waals surface area (Å²) < 4.78 is 10.7. The molecule has 6 nitrogen and oxygen atoms in total. The van der Waals surface area contributed by atoms with Crippen molar-refractivity contribution in [2.24, 2.45) is 5.41 Å². The van der Waals surface area contributed by atoms with Gasteiger partial charge in [-0.25, -0.2) is 0 Å². The molecule has 1 aliphatic rings. The van der Waals surface area contributed by atoms with Crippen molar-refractivity contribution in [3.8, 4) is 11.5 Å². The number of carbonyl (C=O) groups is 2. The fourth-order valence-electron chi connectivity index (χ4n) is 3.50. The Kier molecular flexibility index (Phi) is 6.11. The molecular formula is C23H28N2O4. The summed E-state index contributed by atoms with van der Waals surface area (Å²) in [7, 11) is 1.61. The van der Waals surface area contributed by atoms with Crippen LogP contribution in [0.4, 0.5) is 5.69 Å². The van der Waals surface area contributed by atoms with E-state index in [2.05, 4.69) is 5.32 Å². The topological polar surface area (TPSA) is 67.9 Å². The molecule has 1 atom stereocenters. The summed E-state index contributed by atoms with van der Waals surface area (Å²) in [4.78, 5) is 27.7. The van der Waals surface area contributed by atoms with E-state index in [1.165, 1.54) is 0 Å². The Labute approximate surface area is 171 Å². The first kappa shape index (κ1) is 20.7. The number of para-hydroxylation sites is 1. The van der Waals surface area contributed by atoms with E-state index in [1.54, 1.807) is 38.0 Å². The molecular weight excluding hydrogens is 368 g/mol. The van der Waals surface area contributed by atoms with Crippen molar-refractivity contribution in [2.75, 3.05) is 25.2 Å². The first-order valence-electron chi connectivity index (χ1n) is 9.81. The number of amides is 2. The van der Waals surface area contributed by atoms with Gasteiger partial charge in [0, 0.05) is 11.7 Å². The van der Waals surface area contributed by atoms with Gasteiger partial charge >= 0.3 is 0 Å². The fourth-order valence-corrected chi connectivity index (χ4v) is 3.50. The quantitative estimate of drug-likeness (QED) is 0.577. The lowest BCUT2D eigenvalue weighted by Crippen LogP contribution is -2.51. The monoisotopic (exact) mass is 396 g/mol. The van der Waals surface area contributed by atoms with Crippen molar-refractivity contribution in [2.45, 2.75) is 33.2 Å². The van der Waals surface area contributed by atoms with Crippen LogP contribution < -0.4 is 19.7 Å². The molecule has 2 aromatic carbocycles. The van der Waals surface area contributed by atoms with E-state index in [4.69, 9.17) is 9.47 Å². The van der Waals surface area contributed by atoms with Gasteiger partial charge in [0.05, 0.1) is 13.7 Å². The number of hydrogen-bond donors (Lipinski definition) is 1. The highest BCUT2D eigenvalue weighted by atomic mass is 16.5. The van der Waals surface area contributed by atoms with Crippen molar-refractivity contribution in [3.63, 3.8) is 0 Å². The normalized spacial score (nSPS) is 15.6. The maximum Gasteiger partial charge on any atom is 0.242 e. The van der Waals surface area contributed by atoms with Gasteiger partial charge in [0.25, 0.3) is 0 Å². The van der Waals surface area contributed by atoms with Crippen LogP contribution >= 0.6 is 0 Å². The molecule has 0 aromatic heterocycles. The van der Waals surface area contributed by atoms with E-state index < -0.39 is 5.41 Å². The van der Waals surface area contributed by atoms with Crippen LogP contribution in [0.5, 0.6) is 11.5 Å². The van der Waals surface area contributed by atoms with Gasteiger partial charge < -0.3 is 19.7 Å². The second-order valence-corrected chi connectivity index (χ2v) is 7.76. The SMILES string of the molecule is COc1ccc(OCCNC(=O)C(C)(C)C(=O)N2c3ccccc3CC2C)cc1. The van der Waals surface area contributed by atoms with Crippen molar-refractivity contribution < 1.29 is 19.1 Å². The Morgan fingerprint density at radius 1 is 1.10 bits per heavy atom. The summed E-state index contributed by atoms with van der Waals surface area (Å²) in [6.45, 7) is 5.97. The molecule has 2 amide bonds. The Hall–Kier alpha value is -3.02. The lowest BCUT2D eigenvalue weighted by atomic mass is 9.89. The minimum atomic E-state index is -1.17. The number of fused-ring (bicyclic) bond motifs is 1. The van der Waals surface area contributed by atoms with Crippen LogP contribution in [-0.2, 0) is 16.0 Å². The Bertz CT molecular complexity index is 877. The molecule has 1 heterocycles.